The van der Waals surface area contributed by atoms with Crippen molar-refractivity contribution >= 4 is 11.0 Å². The van der Waals surface area contributed by atoms with Gasteiger partial charge in [-0.2, -0.15) is 10.2 Å². The van der Waals surface area contributed by atoms with Gasteiger partial charge in [0.15, 0.2) is 0 Å². The van der Waals surface area contributed by atoms with Crippen LogP contribution in [-0.2, 0) is 4.74 Å². The Labute approximate surface area is 154 Å². The normalized spacial score (nSPS) is 24.1. The Kier molecular flexibility index (Phi) is 3.77. The Balaban J connectivity index is 1.53. The number of aromatic nitrogens is 3. The van der Waals surface area contributed by atoms with Gasteiger partial charge in [0, 0.05) is 36.3 Å². The molecule has 0 radical (unpaired) electrons. The van der Waals surface area contributed by atoms with Gasteiger partial charge in [-0.15, -0.1) is 0 Å². The van der Waals surface area contributed by atoms with Gasteiger partial charge >= 0.3 is 0 Å². The molecule has 0 spiro atoms. The number of benzene rings is 1. The molecule has 136 valence electrons. The van der Waals surface area contributed by atoms with Crippen molar-refractivity contribution in [1.82, 2.24) is 20.3 Å². The number of hydrogen-bond acceptors (Lipinski definition) is 6. The van der Waals surface area contributed by atoms with Crippen LogP contribution in [0.5, 0.6) is 5.88 Å². The summed E-state index contributed by atoms with van der Waals surface area (Å²) in [5.74, 6) is 0.243. The van der Waals surface area contributed by atoms with Crippen LogP contribution in [0.3, 0.4) is 0 Å². The number of halogens is 1. The standard InChI is InChI=1S/C19H16FN5O2/c20-14-3-10(4-21)1-2-12(14)13-6-23-17-16(13)24-9-25-19(17)27-18-11-5-22-7-15(18)26-8-11/h1-3,6,9,11,15,18,22-23H,5,7-8H2. The van der Waals surface area contributed by atoms with E-state index in [-0.39, 0.29) is 23.7 Å². The third-order valence-corrected chi connectivity index (χ3v) is 5.17. The highest BCUT2D eigenvalue weighted by atomic mass is 19.1. The summed E-state index contributed by atoms with van der Waals surface area (Å²) >= 11 is 0. The summed E-state index contributed by atoms with van der Waals surface area (Å²) in [6, 6.07) is 6.32. The second kappa shape index (κ2) is 6.30. The summed E-state index contributed by atoms with van der Waals surface area (Å²) in [4.78, 5) is 11.7. The third kappa shape index (κ3) is 2.63. The van der Waals surface area contributed by atoms with E-state index in [2.05, 4.69) is 20.3 Å². The molecular formula is C19H16FN5O2. The average molecular weight is 365 g/mol. The maximum Gasteiger partial charge on any atom is 0.241 e. The summed E-state index contributed by atoms with van der Waals surface area (Å²) in [5.41, 5.74) is 2.44. The predicted molar refractivity (Wildman–Crippen MR) is 94.5 cm³/mol. The molecule has 4 heterocycles. The van der Waals surface area contributed by atoms with E-state index in [0.717, 1.165) is 13.1 Å². The number of rotatable bonds is 3. The van der Waals surface area contributed by atoms with Crippen LogP contribution >= 0.6 is 0 Å². The minimum Gasteiger partial charge on any atom is -0.470 e. The first-order chi connectivity index (χ1) is 13.2. The molecule has 2 aliphatic rings. The van der Waals surface area contributed by atoms with E-state index in [9.17, 15) is 4.39 Å². The minimum atomic E-state index is -0.471. The highest BCUT2D eigenvalue weighted by molar-refractivity contribution is 5.94. The van der Waals surface area contributed by atoms with E-state index in [4.69, 9.17) is 14.7 Å². The zero-order valence-corrected chi connectivity index (χ0v) is 14.3. The fourth-order valence-corrected chi connectivity index (χ4v) is 3.82. The van der Waals surface area contributed by atoms with E-state index >= 15 is 0 Å². The Morgan fingerprint density at radius 1 is 1.26 bits per heavy atom. The Morgan fingerprint density at radius 3 is 3.00 bits per heavy atom. The lowest BCUT2D eigenvalue weighted by Crippen LogP contribution is -2.48. The second-order valence-corrected chi connectivity index (χ2v) is 6.78. The first-order valence-corrected chi connectivity index (χ1v) is 8.75. The molecule has 8 heteroatoms. The van der Waals surface area contributed by atoms with E-state index in [1.165, 1.54) is 12.4 Å². The zero-order chi connectivity index (χ0) is 18.4. The van der Waals surface area contributed by atoms with Crippen LogP contribution in [0.1, 0.15) is 5.56 Å². The van der Waals surface area contributed by atoms with Crippen molar-refractivity contribution in [3.05, 3.63) is 42.1 Å². The highest BCUT2D eigenvalue weighted by Gasteiger charge is 2.42. The van der Waals surface area contributed by atoms with Gasteiger partial charge < -0.3 is 19.8 Å². The van der Waals surface area contributed by atoms with Gasteiger partial charge in [-0.3, -0.25) is 0 Å². The summed E-state index contributed by atoms with van der Waals surface area (Å²) in [6.07, 6.45) is 3.03. The first kappa shape index (κ1) is 16.2. The van der Waals surface area contributed by atoms with Crippen molar-refractivity contribution in [2.45, 2.75) is 12.2 Å². The Bertz CT molecular complexity index is 1040. The molecule has 2 N–H and O–H groups in total. The number of nitriles is 1. The fourth-order valence-electron chi connectivity index (χ4n) is 3.82. The molecule has 2 aromatic heterocycles. The molecule has 2 aliphatic heterocycles. The van der Waals surface area contributed by atoms with Crippen LogP contribution in [0.15, 0.2) is 30.7 Å². The van der Waals surface area contributed by atoms with Crippen molar-refractivity contribution in [3.8, 4) is 23.1 Å². The Hall–Kier alpha value is -3.02. The third-order valence-electron chi connectivity index (χ3n) is 5.17. The minimum absolute atomic E-state index is 0.000770. The van der Waals surface area contributed by atoms with Gasteiger partial charge in [-0.1, -0.05) is 0 Å². The molecule has 2 bridgehead atoms. The van der Waals surface area contributed by atoms with Crippen LogP contribution in [0.4, 0.5) is 4.39 Å². The molecule has 3 aromatic rings. The van der Waals surface area contributed by atoms with Gasteiger partial charge in [-0.05, 0) is 18.2 Å². The number of H-pyrrole nitrogens is 1. The average Bonchev–Trinajstić information content (AvgIpc) is 3.19. The fraction of sp³-hybridized carbons (Fsp3) is 0.316. The number of piperidine rings is 1. The van der Waals surface area contributed by atoms with Gasteiger partial charge in [0.05, 0.1) is 18.2 Å². The summed E-state index contributed by atoms with van der Waals surface area (Å²) in [7, 11) is 0. The molecule has 2 fully saturated rings. The first-order valence-electron chi connectivity index (χ1n) is 8.75. The number of aromatic amines is 1. The Morgan fingerprint density at radius 2 is 2.19 bits per heavy atom. The van der Waals surface area contributed by atoms with Crippen LogP contribution in [0, 0.1) is 23.1 Å². The van der Waals surface area contributed by atoms with E-state index in [1.54, 1.807) is 18.3 Å². The van der Waals surface area contributed by atoms with E-state index in [0.29, 0.717) is 34.6 Å². The van der Waals surface area contributed by atoms with E-state index < -0.39 is 5.82 Å². The number of nitrogens with one attached hydrogen (secondary N) is 2. The molecule has 27 heavy (non-hydrogen) atoms. The maximum absolute atomic E-state index is 14.4. The lowest BCUT2D eigenvalue weighted by atomic mass is 9.98. The van der Waals surface area contributed by atoms with Gasteiger partial charge in [0.2, 0.25) is 5.88 Å². The molecule has 5 rings (SSSR count). The topological polar surface area (TPSA) is 95.9 Å². The molecule has 2 saturated heterocycles. The molecule has 3 unspecified atom stereocenters. The quantitative estimate of drug-likeness (QED) is 0.737. The van der Waals surface area contributed by atoms with Crippen molar-refractivity contribution in [2.75, 3.05) is 19.7 Å². The molecule has 3 atom stereocenters. The van der Waals surface area contributed by atoms with E-state index in [1.807, 2.05) is 6.07 Å². The number of hydrogen-bond donors (Lipinski definition) is 2. The van der Waals surface area contributed by atoms with Crippen molar-refractivity contribution in [3.63, 3.8) is 0 Å². The van der Waals surface area contributed by atoms with Crippen molar-refractivity contribution in [2.24, 2.45) is 5.92 Å². The SMILES string of the molecule is N#Cc1ccc(-c2c[nH]c3c(OC4C5CNCC4OC5)ncnc23)c(F)c1. The van der Waals surface area contributed by atoms with Gasteiger partial charge in [0.1, 0.15) is 35.4 Å². The van der Waals surface area contributed by atoms with Crippen molar-refractivity contribution < 1.29 is 13.9 Å². The van der Waals surface area contributed by atoms with Crippen LogP contribution < -0.4 is 10.1 Å². The van der Waals surface area contributed by atoms with Crippen molar-refractivity contribution in [1.29, 1.82) is 5.26 Å². The lowest BCUT2D eigenvalue weighted by molar-refractivity contribution is 0.0425. The zero-order valence-electron chi connectivity index (χ0n) is 14.3. The smallest absolute Gasteiger partial charge is 0.241 e. The molecule has 0 amide bonds. The molecule has 1 aromatic carbocycles. The second-order valence-electron chi connectivity index (χ2n) is 6.78. The van der Waals surface area contributed by atoms with Gasteiger partial charge in [-0.25, -0.2) is 9.37 Å². The molecule has 7 nitrogen and oxygen atoms in total. The number of ether oxygens (including phenoxy) is 2. The molecule has 0 aliphatic carbocycles. The summed E-state index contributed by atoms with van der Waals surface area (Å²) in [5, 5.41) is 12.3. The summed E-state index contributed by atoms with van der Waals surface area (Å²) < 4.78 is 26.4. The monoisotopic (exact) mass is 365 g/mol. The van der Waals surface area contributed by atoms with Gasteiger partial charge in [0.25, 0.3) is 0 Å². The largest absolute Gasteiger partial charge is 0.470 e. The highest BCUT2D eigenvalue weighted by Crippen LogP contribution is 2.34. The maximum atomic E-state index is 14.4. The van der Waals surface area contributed by atoms with Crippen LogP contribution in [-0.4, -0.2) is 46.9 Å². The molecule has 0 saturated carbocycles. The summed E-state index contributed by atoms with van der Waals surface area (Å²) in [6.45, 7) is 2.27. The predicted octanol–water partition coefficient (Wildman–Crippen LogP) is 2.00. The lowest BCUT2D eigenvalue weighted by Gasteiger charge is -2.28. The van der Waals surface area contributed by atoms with Crippen LogP contribution in [0.25, 0.3) is 22.2 Å². The molecular weight excluding hydrogens is 349 g/mol. The number of nitrogens with zero attached hydrogens (tertiary/aromatic N) is 3. The van der Waals surface area contributed by atoms with Crippen LogP contribution in [0.2, 0.25) is 0 Å². The number of fused-ring (bicyclic) bond motifs is 3.